The van der Waals surface area contributed by atoms with E-state index in [0.29, 0.717) is 5.92 Å². The highest BCUT2D eigenvalue weighted by molar-refractivity contribution is 5.12. The van der Waals surface area contributed by atoms with Crippen LogP contribution in [0.2, 0.25) is 0 Å². The Bertz CT molecular complexity index is 665. The number of piperidine rings is 2. The molecule has 6 fully saturated rings. The fourth-order valence-corrected chi connectivity index (χ4v) is 10.6. The van der Waals surface area contributed by atoms with E-state index in [1.54, 1.807) is 0 Å². The summed E-state index contributed by atoms with van der Waals surface area (Å²) < 4.78 is 0. The van der Waals surface area contributed by atoms with Crippen LogP contribution in [-0.2, 0) is 0 Å². The smallest absolute Gasteiger partial charge is 0.0577 e. The molecule has 6 aliphatic rings. The molecule has 3 unspecified atom stereocenters. The van der Waals surface area contributed by atoms with Crippen molar-refractivity contribution in [1.82, 2.24) is 4.90 Å². The van der Waals surface area contributed by atoms with Crippen LogP contribution >= 0.6 is 0 Å². The number of aliphatic hydroxyl groups is 2. The van der Waals surface area contributed by atoms with Crippen molar-refractivity contribution >= 4 is 0 Å². The van der Waals surface area contributed by atoms with Crippen LogP contribution in [0.5, 0.6) is 0 Å². The average Bonchev–Trinajstić information content (AvgIpc) is 3.09. The topological polar surface area (TPSA) is 43.7 Å². The van der Waals surface area contributed by atoms with Crippen LogP contribution in [0.4, 0.5) is 0 Å². The molecule has 0 amide bonds. The van der Waals surface area contributed by atoms with Gasteiger partial charge in [-0.15, -0.1) is 0 Å². The second-order valence-corrected chi connectivity index (χ2v) is 13.1. The predicted octanol–water partition coefficient (Wildman–Crippen LogP) is 4.56. The van der Waals surface area contributed by atoms with Gasteiger partial charge in [0, 0.05) is 19.1 Å². The lowest BCUT2D eigenvalue weighted by Crippen LogP contribution is -2.58. The normalized spacial score (nSPS) is 60.7. The van der Waals surface area contributed by atoms with Crippen LogP contribution in [0, 0.1) is 58.7 Å². The maximum atomic E-state index is 11.2. The minimum atomic E-state index is -0.181. The fourth-order valence-electron chi connectivity index (χ4n) is 10.6. The summed E-state index contributed by atoms with van der Waals surface area (Å²) in [5.74, 6) is 7.22. The van der Waals surface area contributed by atoms with Crippen molar-refractivity contribution in [3.05, 3.63) is 0 Å². The van der Waals surface area contributed by atoms with Crippen LogP contribution in [0.25, 0.3) is 0 Å². The van der Waals surface area contributed by atoms with E-state index in [-0.39, 0.29) is 17.6 Å². The molecule has 0 aromatic heterocycles. The summed E-state index contributed by atoms with van der Waals surface area (Å²) in [6, 6.07) is 0.853. The quantitative estimate of drug-likeness (QED) is 0.609. The molecule has 0 spiro atoms. The molecule has 2 aliphatic heterocycles. The van der Waals surface area contributed by atoms with Gasteiger partial charge in [-0.1, -0.05) is 20.8 Å². The van der Waals surface area contributed by atoms with Crippen molar-refractivity contribution in [2.75, 3.05) is 13.1 Å². The van der Waals surface area contributed by atoms with Gasteiger partial charge in [0.2, 0.25) is 0 Å². The molecular formula is C27H45NO2. The van der Waals surface area contributed by atoms with Gasteiger partial charge in [0.1, 0.15) is 0 Å². The molecule has 4 aliphatic carbocycles. The maximum Gasteiger partial charge on any atom is 0.0577 e. The first-order chi connectivity index (χ1) is 14.4. The van der Waals surface area contributed by atoms with Crippen molar-refractivity contribution in [1.29, 1.82) is 0 Å². The number of hydrogen-bond acceptors (Lipinski definition) is 3. The molecule has 0 aromatic carbocycles. The fraction of sp³-hybridized carbons (Fsp3) is 1.00. The number of nitrogens with zero attached hydrogens (tertiary/aromatic N) is 1. The third-order valence-electron chi connectivity index (χ3n) is 12.0. The number of fused-ring (bicyclic) bond motifs is 8. The Hall–Kier alpha value is -0.120. The molecule has 6 rings (SSSR count). The van der Waals surface area contributed by atoms with Crippen molar-refractivity contribution in [3.63, 3.8) is 0 Å². The number of rotatable bonds is 0. The Morgan fingerprint density at radius 2 is 1.53 bits per heavy atom. The van der Waals surface area contributed by atoms with Crippen molar-refractivity contribution < 1.29 is 10.2 Å². The number of aliphatic hydroxyl groups excluding tert-OH is 2. The Morgan fingerprint density at radius 3 is 2.37 bits per heavy atom. The van der Waals surface area contributed by atoms with Gasteiger partial charge >= 0.3 is 0 Å². The van der Waals surface area contributed by atoms with E-state index in [9.17, 15) is 10.2 Å². The van der Waals surface area contributed by atoms with E-state index in [1.807, 2.05) is 0 Å². The third kappa shape index (κ3) is 2.86. The van der Waals surface area contributed by atoms with Gasteiger partial charge in [0.05, 0.1) is 12.2 Å². The summed E-state index contributed by atoms with van der Waals surface area (Å²) in [4.78, 5) is 2.92. The highest BCUT2D eigenvalue weighted by Gasteiger charge is 2.62. The second-order valence-electron chi connectivity index (χ2n) is 13.1. The number of hydrogen-bond donors (Lipinski definition) is 2. The van der Waals surface area contributed by atoms with Crippen LogP contribution in [0.3, 0.4) is 0 Å². The molecule has 30 heavy (non-hydrogen) atoms. The Kier molecular flexibility index (Phi) is 4.91. The molecule has 0 bridgehead atoms. The second kappa shape index (κ2) is 7.19. The van der Waals surface area contributed by atoms with Crippen molar-refractivity contribution in [2.24, 2.45) is 58.7 Å². The van der Waals surface area contributed by atoms with Gasteiger partial charge < -0.3 is 10.2 Å². The first-order valence-corrected chi connectivity index (χ1v) is 13.5. The molecule has 3 heteroatoms. The van der Waals surface area contributed by atoms with E-state index in [0.717, 1.165) is 79.1 Å². The van der Waals surface area contributed by atoms with Crippen LogP contribution in [0.15, 0.2) is 0 Å². The minimum absolute atomic E-state index is 0.180. The Balaban J connectivity index is 1.28. The highest BCUT2D eigenvalue weighted by Crippen LogP contribution is 2.67. The van der Waals surface area contributed by atoms with Crippen LogP contribution in [0.1, 0.15) is 78.6 Å². The van der Waals surface area contributed by atoms with Crippen molar-refractivity contribution in [2.45, 2.75) is 96.8 Å². The molecule has 0 radical (unpaired) electrons. The van der Waals surface area contributed by atoms with Gasteiger partial charge in [0.25, 0.3) is 0 Å². The molecule has 170 valence electrons. The molecule has 2 heterocycles. The van der Waals surface area contributed by atoms with E-state index in [1.165, 1.54) is 45.2 Å². The van der Waals surface area contributed by atoms with Gasteiger partial charge in [-0.25, -0.2) is 0 Å². The molecular weight excluding hydrogens is 370 g/mol. The van der Waals surface area contributed by atoms with E-state index in [4.69, 9.17) is 0 Å². The predicted molar refractivity (Wildman–Crippen MR) is 120 cm³/mol. The lowest BCUT2D eigenvalue weighted by molar-refractivity contribution is -0.130. The van der Waals surface area contributed by atoms with Crippen LogP contribution < -0.4 is 0 Å². The van der Waals surface area contributed by atoms with Crippen molar-refractivity contribution in [3.8, 4) is 0 Å². The zero-order valence-electron chi connectivity index (χ0n) is 19.5. The zero-order chi connectivity index (χ0) is 20.8. The molecule has 2 saturated heterocycles. The Labute approximate surface area is 184 Å². The largest absolute Gasteiger partial charge is 0.393 e. The first kappa shape index (κ1) is 20.5. The summed E-state index contributed by atoms with van der Waals surface area (Å²) in [6.07, 6.45) is 10.7. The molecule has 4 saturated carbocycles. The highest BCUT2D eigenvalue weighted by atomic mass is 16.3. The van der Waals surface area contributed by atoms with E-state index < -0.39 is 0 Å². The molecule has 0 aromatic rings. The lowest BCUT2D eigenvalue weighted by atomic mass is 9.51. The monoisotopic (exact) mass is 415 g/mol. The van der Waals surface area contributed by atoms with Crippen LogP contribution in [-0.4, -0.2) is 46.5 Å². The maximum absolute atomic E-state index is 11.2. The molecule has 13 atom stereocenters. The van der Waals surface area contributed by atoms with E-state index >= 15 is 0 Å². The van der Waals surface area contributed by atoms with Gasteiger partial charge in [-0.05, 0) is 116 Å². The van der Waals surface area contributed by atoms with Gasteiger partial charge in [-0.3, -0.25) is 4.90 Å². The standard InChI is InChI=1S/C27H45NO2/c1-15-4-7-25-16(2)18-5-6-19-20(22(18)14-28(25)13-15)11-23-21(19)12-26(30)24-10-17(29)8-9-27(23,24)3/h15-26,29-30H,4-14H2,1-3H3/t15-,16+,17-,18-,19?,20+,21?,22+,23?,24+,25-,26+,27+/m0/s1. The zero-order valence-corrected chi connectivity index (χ0v) is 19.5. The summed E-state index contributed by atoms with van der Waals surface area (Å²) in [6.45, 7) is 10.3. The SMILES string of the molecule is C[C@H]1CC[C@H]2[C@H](C)[C@@H]3CCC4C5C[C@@H](O)[C@H]6C[C@@H](O)CC[C@]6(C)C5C[C@H]4[C@@H]3CN2C1. The van der Waals surface area contributed by atoms with Gasteiger partial charge in [0.15, 0.2) is 0 Å². The summed E-state index contributed by atoms with van der Waals surface area (Å²) >= 11 is 0. The minimum Gasteiger partial charge on any atom is -0.393 e. The first-order valence-electron chi connectivity index (χ1n) is 13.5. The van der Waals surface area contributed by atoms with E-state index in [2.05, 4.69) is 25.7 Å². The van der Waals surface area contributed by atoms with Gasteiger partial charge in [-0.2, -0.15) is 0 Å². The molecule has 3 nitrogen and oxygen atoms in total. The third-order valence-corrected chi connectivity index (χ3v) is 12.0. The summed E-state index contributed by atoms with van der Waals surface area (Å²) in [7, 11) is 0. The summed E-state index contributed by atoms with van der Waals surface area (Å²) in [5, 5.41) is 21.5. The molecule has 2 N–H and O–H groups in total. The average molecular weight is 416 g/mol. The summed E-state index contributed by atoms with van der Waals surface area (Å²) in [5.41, 5.74) is 0.261. The lowest BCUT2D eigenvalue weighted by Gasteiger charge is -2.56. The Morgan fingerprint density at radius 1 is 0.733 bits per heavy atom.